The van der Waals surface area contributed by atoms with Crippen LogP contribution in [0.4, 0.5) is 17.1 Å². The number of para-hydroxylation sites is 4. The summed E-state index contributed by atoms with van der Waals surface area (Å²) in [6.45, 7) is 0. The predicted molar refractivity (Wildman–Crippen MR) is 196 cm³/mol. The third-order valence-corrected chi connectivity index (χ3v) is 11.0. The van der Waals surface area contributed by atoms with Gasteiger partial charge in [0.15, 0.2) is 0 Å². The van der Waals surface area contributed by atoms with E-state index in [0.717, 1.165) is 56.1 Å². The summed E-state index contributed by atoms with van der Waals surface area (Å²) in [5.74, 6) is 1.71. The molecular weight excluding hydrogens is 801 g/mol. The van der Waals surface area contributed by atoms with Crippen LogP contribution in [0.15, 0.2) is 170 Å². The molecule has 8 aromatic rings. The summed E-state index contributed by atoms with van der Waals surface area (Å²) in [5, 5.41) is 3.50. The Labute approximate surface area is 301 Å². The van der Waals surface area contributed by atoms with Gasteiger partial charge in [-0.3, -0.25) is 9.97 Å². The van der Waals surface area contributed by atoms with Gasteiger partial charge in [0.2, 0.25) is 0 Å². The van der Waals surface area contributed by atoms with Crippen LogP contribution in [0, 0.1) is 12.1 Å². The van der Waals surface area contributed by atoms with Gasteiger partial charge in [0.25, 0.3) is 0 Å². The van der Waals surface area contributed by atoms with Crippen LogP contribution in [0.1, 0.15) is 0 Å². The largest absolute Gasteiger partial charge is 2.00 e. The van der Waals surface area contributed by atoms with Crippen molar-refractivity contribution in [2.24, 2.45) is 0 Å². The molecule has 236 valence electrons. The molecule has 0 fully saturated rings. The van der Waals surface area contributed by atoms with Gasteiger partial charge in [-0.1, -0.05) is 78.1 Å². The van der Waals surface area contributed by atoms with Crippen LogP contribution in [-0.2, 0) is 21.1 Å². The number of imidazole rings is 2. The van der Waals surface area contributed by atoms with Gasteiger partial charge in [0, 0.05) is 52.8 Å². The van der Waals surface area contributed by atoms with E-state index in [-0.39, 0.29) is 21.1 Å². The summed E-state index contributed by atoms with van der Waals surface area (Å²) >= 11 is 0. The Morgan fingerprint density at radius 1 is 0.469 bits per heavy atom. The molecule has 0 N–H and O–H groups in total. The first-order valence-electron chi connectivity index (χ1n) is 15.8. The molecule has 0 saturated heterocycles. The summed E-state index contributed by atoms with van der Waals surface area (Å²) in [7, 11) is -1.05. The van der Waals surface area contributed by atoms with E-state index in [1.807, 2.05) is 49.1 Å². The van der Waals surface area contributed by atoms with Gasteiger partial charge in [-0.2, -0.15) is 0 Å². The number of aromatic nitrogens is 4. The molecule has 0 bridgehead atoms. The van der Waals surface area contributed by atoms with Gasteiger partial charge in [-0.05, 0) is 56.1 Å². The van der Waals surface area contributed by atoms with Gasteiger partial charge in [0.1, 0.15) is 0 Å². The molecular formula is C42H28N5PPt. The zero-order chi connectivity index (χ0) is 31.9. The smallest absolute Gasteiger partial charge is 0.350 e. The standard InChI is InChI=1S/C42H28N5P.Pt/c1-4-14-33(15-5-1)45-27-25-43-41(45)31-13-12-20-36(29-31)48-39-22-11-10-21-37(39)47(35-18-8-3-9-19-35)38-24-23-32(30-40(38)48)42-44-26-28-46(42)34-16-6-2-7-17-34;/h1-28H;/q-2;+2. The van der Waals surface area contributed by atoms with E-state index in [1.54, 1.807) is 0 Å². The summed E-state index contributed by atoms with van der Waals surface area (Å²) in [6, 6.07) is 58.6. The van der Waals surface area contributed by atoms with Gasteiger partial charge >= 0.3 is 21.1 Å². The second kappa shape index (κ2) is 13.3. The van der Waals surface area contributed by atoms with Crippen LogP contribution >= 0.6 is 7.92 Å². The van der Waals surface area contributed by atoms with Crippen molar-refractivity contribution in [1.82, 2.24) is 19.1 Å². The predicted octanol–water partition coefficient (Wildman–Crippen LogP) is 8.53. The third-order valence-electron chi connectivity index (χ3n) is 8.60. The average Bonchev–Trinajstić information content (AvgIpc) is 3.86. The Kier molecular flexibility index (Phi) is 8.39. The fourth-order valence-electron chi connectivity index (χ4n) is 6.47. The first-order valence-corrected chi connectivity index (χ1v) is 17.2. The van der Waals surface area contributed by atoms with E-state index in [0.29, 0.717) is 0 Å². The van der Waals surface area contributed by atoms with Crippen LogP contribution in [0.3, 0.4) is 0 Å². The molecule has 2 aromatic heterocycles. The minimum absolute atomic E-state index is 0. The number of fused-ring (bicyclic) bond motifs is 2. The molecule has 0 spiro atoms. The van der Waals surface area contributed by atoms with E-state index < -0.39 is 7.92 Å². The molecule has 0 radical (unpaired) electrons. The minimum Gasteiger partial charge on any atom is -0.350 e. The van der Waals surface area contributed by atoms with Crippen molar-refractivity contribution in [1.29, 1.82) is 0 Å². The molecule has 1 unspecified atom stereocenters. The second-order valence-corrected chi connectivity index (χ2v) is 13.5. The van der Waals surface area contributed by atoms with Crippen LogP contribution in [0.25, 0.3) is 34.2 Å². The van der Waals surface area contributed by atoms with Crippen molar-refractivity contribution in [3.63, 3.8) is 0 Å². The van der Waals surface area contributed by atoms with E-state index >= 15 is 0 Å². The summed E-state index contributed by atoms with van der Waals surface area (Å²) in [5.41, 5.74) is 7.40. The quantitative estimate of drug-likeness (QED) is 0.125. The molecule has 7 heteroatoms. The first-order chi connectivity index (χ1) is 23.8. The van der Waals surface area contributed by atoms with Crippen molar-refractivity contribution in [2.45, 2.75) is 0 Å². The molecule has 0 saturated carbocycles. The van der Waals surface area contributed by atoms with Crippen LogP contribution < -0.4 is 20.8 Å². The maximum atomic E-state index is 4.82. The SMILES string of the molecule is [Pt+2].[c-]1c(-c2nccn2-c2ccccc2)cccc1P1c2[c-]c(-c3nccn3-c3ccccc3)ccc2N(c2ccccc2)c2ccccc21. The first kappa shape index (κ1) is 31.0. The molecule has 6 aromatic carbocycles. The van der Waals surface area contributed by atoms with E-state index in [1.165, 1.54) is 11.0 Å². The van der Waals surface area contributed by atoms with Gasteiger partial charge in [-0.15, -0.1) is 58.9 Å². The normalized spacial score (nSPS) is 13.3. The molecule has 9 rings (SSSR count). The molecule has 5 nitrogen and oxygen atoms in total. The molecule has 0 aliphatic carbocycles. The van der Waals surface area contributed by atoms with E-state index in [4.69, 9.17) is 9.97 Å². The zero-order valence-corrected chi connectivity index (χ0v) is 29.3. The van der Waals surface area contributed by atoms with E-state index in [9.17, 15) is 0 Å². The van der Waals surface area contributed by atoms with Crippen molar-refractivity contribution in [3.05, 3.63) is 183 Å². The molecule has 1 atom stereocenters. The maximum Gasteiger partial charge on any atom is 2.00 e. The van der Waals surface area contributed by atoms with Crippen LogP contribution in [0.5, 0.6) is 0 Å². The number of benzene rings is 6. The Bertz CT molecular complexity index is 2370. The van der Waals surface area contributed by atoms with Crippen molar-refractivity contribution < 1.29 is 21.1 Å². The number of anilines is 3. The van der Waals surface area contributed by atoms with E-state index in [2.05, 4.69) is 147 Å². The molecule has 1 aliphatic rings. The summed E-state index contributed by atoms with van der Waals surface area (Å²) in [6.07, 6.45) is 7.73. The fourth-order valence-corrected chi connectivity index (χ4v) is 8.95. The third kappa shape index (κ3) is 5.56. The van der Waals surface area contributed by atoms with Crippen LogP contribution in [-0.4, -0.2) is 19.1 Å². The number of nitrogens with zero attached hydrogens (tertiary/aromatic N) is 5. The topological polar surface area (TPSA) is 38.9 Å². The van der Waals surface area contributed by atoms with Gasteiger partial charge in [0.05, 0.1) is 11.6 Å². The van der Waals surface area contributed by atoms with Crippen molar-refractivity contribution in [3.8, 4) is 34.2 Å². The van der Waals surface area contributed by atoms with Gasteiger partial charge in [-0.25, -0.2) is 0 Å². The minimum atomic E-state index is -1.05. The van der Waals surface area contributed by atoms with Crippen LogP contribution in [0.2, 0.25) is 0 Å². The zero-order valence-electron chi connectivity index (χ0n) is 26.2. The summed E-state index contributed by atoms with van der Waals surface area (Å²) < 4.78 is 4.25. The Morgan fingerprint density at radius 3 is 1.65 bits per heavy atom. The molecule has 1 aliphatic heterocycles. The van der Waals surface area contributed by atoms with Crippen molar-refractivity contribution >= 4 is 40.9 Å². The average molecular weight is 829 g/mol. The maximum absolute atomic E-state index is 4.82. The summed E-state index contributed by atoms with van der Waals surface area (Å²) in [4.78, 5) is 12.0. The number of hydrogen-bond acceptors (Lipinski definition) is 3. The Balaban J connectivity index is 0.00000348. The number of hydrogen-bond donors (Lipinski definition) is 0. The van der Waals surface area contributed by atoms with Gasteiger partial charge < -0.3 is 14.0 Å². The second-order valence-electron chi connectivity index (χ2n) is 11.5. The molecule has 3 heterocycles. The molecule has 49 heavy (non-hydrogen) atoms. The Morgan fingerprint density at radius 2 is 1.02 bits per heavy atom. The monoisotopic (exact) mass is 828 g/mol. The van der Waals surface area contributed by atoms with Crippen molar-refractivity contribution in [2.75, 3.05) is 4.90 Å². The Hall–Kier alpha value is -5.34. The number of rotatable bonds is 6. The fraction of sp³-hybridized carbons (Fsp3) is 0. The molecule has 0 amide bonds.